The van der Waals surface area contributed by atoms with E-state index >= 15 is 0 Å². The van der Waals surface area contributed by atoms with Crippen LogP contribution in [-0.4, -0.2) is 16.5 Å². The van der Waals surface area contributed by atoms with Gasteiger partial charge in [-0.2, -0.15) is 5.26 Å². The van der Waals surface area contributed by atoms with E-state index in [-0.39, 0.29) is 0 Å². The lowest BCUT2D eigenvalue weighted by molar-refractivity contribution is 1.02. The summed E-state index contributed by atoms with van der Waals surface area (Å²) in [6.45, 7) is 6.94. The van der Waals surface area contributed by atoms with Gasteiger partial charge in [-0.15, -0.1) is 0 Å². The molecule has 1 heterocycles. The van der Waals surface area contributed by atoms with Gasteiger partial charge in [-0.1, -0.05) is 12.1 Å². The quantitative estimate of drug-likeness (QED) is 0.862. The van der Waals surface area contributed by atoms with E-state index in [1.807, 2.05) is 12.4 Å². The van der Waals surface area contributed by atoms with Gasteiger partial charge in [0.2, 0.25) is 5.95 Å². The van der Waals surface area contributed by atoms with E-state index in [1.165, 1.54) is 16.7 Å². The molecular formula is C16H18N4. The fourth-order valence-corrected chi connectivity index (χ4v) is 2.06. The molecule has 0 unspecified atom stereocenters. The van der Waals surface area contributed by atoms with Crippen LogP contribution in [0.2, 0.25) is 0 Å². The zero-order chi connectivity index (χ0) is 14.5. The largest absolute Gasteiger partial charge is 0.353 e. The Morgan fingerprint density at radius 3 is 2.45 bits per heavy atom. The van der Waals surface area contributed by atoms with Crippen LogP contribution in [0.4, 0.5) is 5.95 Å². The topological polar surface area (TPSA) is 61.6 Å². The lowest BCUT2D eigenvalue weighted by atomic mass is 9.96. The number of nitrogens with zero attached hydrogens (tertiary/aromatic N) is 3. The molecule has 0 aliphatic carbocycles. The second-order valence-corrected chi connectivity index (χ2v) is 4.81. The third-order valence-corrected chi connectivity index (χ3v) is 3.54. The van der Waals surface area contributed by atoms with Crippen molar-refractivity contribution in [3.63, 3.8) is 0 Å². The molecule has 20 heavy (non-hydrogen) atoms. The molecular weight excluding hydrogens is 248 g/mol. The molecule has 0 amide bonds. The van der Waals surface area contributed by atoms with Gasteiger partial charge in [0.15, 0.2) is 0 Å². The minimum atomic E-state index is 0.446. The van der Waals surface area contributed by atoms with E-state index in [4.69, 9.17) is 5.26 Å². The summed E-state index contributed by atoms with van der Waals surface area (Å²) in [6, 6.07) is 6.31. The van der Waals surface area contributed by atoms with Gasteiger partial charge >= 0.3 is 0 Å². The zero-order valence-corrected chi connectivity index (χ0v) is 12.1. The maximum Gasteiger partial charge on any atom is 0.222 e. The maximum atomic E-state index is 8.49. The van der Waals surface area contributed by atoms with Gasteiger partial charge in [0.1, 0.15) is 0 Å². The molecule has 0 bridgehead atoms. The van der Waals surface area contributed by atoms with Crippen molar-refractivity contribution < 1.29 is 0 Å². The van der Waals surface area contributed by atoms with Crippen LogP contribution in [0.15, 0.2) is 24.5 Å². The van der Waals surface area contributed by atoms with Gasteiger partial charge in [-0.25, -0.2) is 9.97 Å². The highest BCUT2D eigenvalue weighted by Crippen LogP contribution is 2.26. The fourth-order valence-electron chi connectivity index (χ4n) is 2.06. The summed E-state index contributed by atoms with van der Waals surface area (Å²) < 4.78 is 0. The molecule has 102 valence electrons. The zero-order valence-electron chi connectivity index (χ0n) is 12.1. The minimum absolute atomic E-state index is 0.446. The molecule has 0 aliphatic rings. The van der Waals surface area contributed by atoms with Crippen molar-refractivity contribution in [2.45, 2.75) is 27.2 Å². The van der Waals surface area contributed by atoms with Crippen molar-refractivity contribution in [1.29, 1.82) is 5.26 Å². The Bertz CT molecular complexity index is 639. The van der Waals surface area contributed by atoms with Gasteiger partial charge in [-0.3, -0.25) is 0 Å². The molecule has 4 nitrogen and oxygen atoms in total. The molecule has 2 rings (SSSR count). The molecule has 0 saturated heterocycles. The van der Waals surface area contributed by atoms with Crippen molar-refractivity contribution in [2.24, 2.45) is 0 Å². The molecule has 2 aromatic rings. The summed E-state index contributed by atoms with van der Waals surface area (Å²) in [7, 11) is 0. The average Bonchev–Trinajstić information content (AvgIpc) is 2.46. The van der Waals surface area contributed by atoms with Crippen molar-refractivity contribution in [2.75, 3.05) is 11.9 Å². The SMILES string of the molecule is Cc1ccc(-c2cnc(NCCC#N)nc2)c(C)c1C. The standard InChI is InChI=1S/C16H18N4/c1-11-5-6-15(13(3)12(11)2)14-9-19-16(20-10-14)18-8-4-7-17/h5-6,9-10H,4,8H2,1-3H3,(H,18,19,20). The van der Waals surface area contributed by atoms with E-state index in [9.17, 15) is 0 Å². The van der Waals surface area contributed by atoms with E-state index < -0.39 is 0 Å². The molecule has 1 N–H and O–H groups in total. The Hall–Kier alpha value is -2.41. The first-order chi connectivity index (χ1) is 9.63. The minimum Gasteiger partial charge on any atom is -0.353 e. The first kappa shape index (κ1) is 14.0. The fraction of sp³-hybridized carbons (Fsp3) is 0.312. The summed E-state index contributed by atoms with van der Waals surface area (Å²) >= 11 is 0. The monoisotopic (exact) mass is 266 g/mol. The van der Waals surface area contributed by atoms with Crippen molar-refractivity contribution in [1.82, 2.24) is 9.97 Å². The highest BCUT2D eigenvalue weighted by Gasteiger charge is 2.07. The van der Waals surface area contributed by atoms with Crippen LogP contribution in [-0.2, 0) is 0 Å². The van der Waals surface area contributed by atoms with Crippen LogP contribution in [0.25, 0.3) is 11.1 Å². The highest BCUT2D eigenvalue weighted by atomic mass is 15.1. The third kappa shape index (κ3) is 2.94. The highest BCUT2D eigenvalue weighted by molar-refractivity contribution is 5.68. The lowest BCUT2D eigenvalue weighted by Crippen LogP contribution is -2.04. The Morgan fingerprint density at radius 1 is 1.10 bits per heavy atom. The number of nitrogens with one attached hydrogen (secondary N) is 1. The summed E-state index contributed by atoms with van der Waals surface area (Å²) in [4.78, 5) is 8.58. The number of aryl methyl sites for hydroxylation is 1. The third-order valence-electron chi connectivity index (χ3n) is 3.54. The number of nitriles is 1. The molecule has 4 heteroatoms. The Kier molecular flexibility index (Phi) is 4.31. The second-order valence-electron chi connectivity index (χ2n) is 4.81. The molecule has 0 radical (unpaired) electrons. The predicted molar refractivity (Wildman–Crippen MR) is 80.4 cm³/mol. The molecule has 0 aliphatic heterocycles. The molecule has 0 spiro atoms. The van der Waals surface area contributed by atoms with Crippen LogP contribution < -0.4 is 5.32 Å². The number of aromatic nitrogens is 2. The second kappa shape index (κ2) is 6.16. The van der Waals surface area contributed by atoms with Gasteiger partial charge in [-0.05, 0) is 43.0 Å². The lowest BCUT2D eigenvalue weighted by Gasteiger charge is -2.11. The van der Waals surface area contributed by atoms with E-state index in [0.29, 0.717) is 18.9 Å². The number of benzene rings is 1. The van der Waals surface area contributed by atoms with E-state index in [1.54, 1.807) is 0 Å². The number of anilines is 1. The average molecular weight is 266 g/mol. The molecule has 1 aromatic carbocycles. The van der Waals surface area contributed by atoms with Crippen LogP contribution in [0, 0.1) is 32.1 Å². The van der Waals surface area contributed by atoms with Crippen molar-refractivity contribution in [3.8, 4) is 17.2 Å². The van der Waals surface area contributed by atoms with Crippen molar-refractivity contribution >= 4 is 5.95 Å². The first-order valence-corrected chi connectivity index (χ1v) is 6.63. The number of rotatable bonds is 4. The summed E-state index contributed by atoms with van der Waals surface area (Å²) in [5.74, 6) is 0.561. The Labute approximate surface area is 119 Å². The van der Waals surface area contributed by atoms with Crippen LogP contribution in [0.3, 0.4) is 0 Å². The molecule has 0 saturated carbocycles. The first-order valence-electron chi connectivity index (χ1n) is 6.63. The maximum absolute atomic E-state index is 8.49. The summed E-state index contributed by atoms with van der Waals surface area (Å²) in [6.07, 6.45) is 4.08. The smallest absolute Gasteiger partial charge is 0.222 e. The number of hydrogen-bond acceptors (Lipinski definition) is 4. The molecule has 0 atom stereocenters. The summed E-state index contributed by atoms with van der Waals surface area (Å²) in [5, 5.41) is 11.5. The van der Waals surface area contributed by atoms with Gasteiger partial charge in [0.05, 0.1) is 12.5 Å². The van der Waals surface area contributed by atoms with Crippen LogP contribution >= 0.6 is 0 Å². The van der Waals surface area contributed by atoms with Gasteiger partial charge < -0.3 is 5.32 Å². The normalized spacial score (nSPS) is 10.1. The van der Waals surface area contributed by atoms with E-state index in [0.717, 1.165) is 11.1 Å². The van der Waals surface area contributed by atoms with Crippen LogP contribution in [0.1, 0.15) is 23.1 Å². The predicted octanol–water partition coefficient (Wildman–Crippen LogP) is 3.39. The van der Waals surface area contributed by atoms with Crippen molar-refractivity contribution in [3.05, 3.63) is 41.2 Å². The van der Waals surface area contributed by atoms with Crippen LogP contribution in [0.5, 0.6) is 0 Å². The van der Waals surface area contributed by atoms with Gasteiger partial charge in [0, 0.05) is 24.5 Å². The summed E-state index contributed by atoms with van der Waals surface area (Å²) in [5.41, 5.74) is 6.03. The Balaban J connectivity index is 2.22. The van der Waals surface area contributed by atoms with E-state index in [2.05, 4.69) is 54.3 Å². The van der Waals surface area contributed by atoms with Gasteiger partial charge in [0.25, 0.3) is 0 Å². The number of hydrogen-bond donors (Lipinski definition) is 1. The molecule has 0 fully saturated rings. The Morgan fingerprint density at radius 2 is 1.80 bits per heavy atom. The molecule has 1 aromatic heterocycles.